The second-order valence-electron chi connectivity index (χ2n) is 4.99. The van der Waals surface area contributed by atoms with Crippen LogP contribution in [0.1, 0.15) is 27.2 Å². The maximum absolute atomic E-state index is 5.23. The molecule has 0 aliphatic heterocycles. The smallest absolute Gasteiger partial charge is 0.119 e. The molecule has 0 fully saturated rings. The van der Waals surface area contributed by atoms with Crippen molar-refractivity contribution in [3.05, 3.63) is 24.3 Å². The summed E-state index contributed by atoms with van der Waals surface area (Å²) in [6, 6.07) is 8.25. The lowest BCUT2D eigenvalue weighted by Crippen LogP contribution is -2.24. The van der Waals surface area contributed by atoms with Crippen molar-refractivity contribution in [2.24, 2.45) is 5.92 Å². The average molecular weight is 267 g/mol. The van der Waals surface area contributed by atoms with Crippen LogP contribution in [-0.4, -0.2) is 25.4 Å². The second-order valence-corrected chi connectivity index (χ2v) is 6.51. The molecule has 0 saturated carbocycles. The molecule has 1 aromatic rings. The molecular formula is C15H25NOS. The number of hydrogen-bond donors (Lipinski definition) is 1. The predicted molar refractivity (Wildman–Crippen MR) is 80.6 cm³/mol. The standard InChI is InChI=1S/C15H25NOS/c1-12(2)8-9-16-11-13(3)18-15-7-5-6-14(10-15)17-4/h5-7,10,12-13,16H,8-9,11H2,1-4H3. The Kier molecular flexibility index (Phi) is 7.21. The monoisotopic (exact) mass is 267 g/mol. The summed E-state index contributed by atoms with van der Waals surface area (Å²) >= 11 is 1.89. The van der Waals surface area contributed by atoms with E-state index in [0.29, 0.717) is 5.25 Å². The fraction of sp³-hybridized carbons (Fsp3) is 0.600. The zero-order valence-corrected chi connectivity index (χ0v) is 12.7. The van der Waals surface area contributed by atoms with Gasteiger partial charge in [0.15, 0.2) is 0 Å². The van der Waals surface area contributed by atoms with Gasteiger partial charge in [-0.25, -0.2) is 0 Å². The maximum Gasteiger partial charge on any atom is 0.119 e. The van der Waals surface area contributed by atoms with E-state index in [2.05, 4.69) is 38.2 Å². The van der Waals surface area contributed by atoms with Crippen LogP contribution in [-0.2, 0) is 0 Å². The Morgan fingerprint density at radius 1 is 1.28 bits per heavy atom. The van der Waals surface area contributed by atoms with E-state index in [1.807, 2.05) is 23.9 Å². The molecule has 0 aliphatic carbocycles. The molecule has 0 aromatic heterocycles. The van der Waals surface area contributed by atoms with E-state index in [1.54, 1.807) is 7.11 Å². The normalized spacial score (nSPS) is 12.7. The van der Waals surface area contributed by atoms with Crippen LogP contribution in [0.15, 0.2) is 29.2 Å². The van der Waals surface area contributed by atoms with Gasteiger partial charge in [-0.1, -0.05) is 26.8 Å². The van der Waals surface area contributed by atoms with Gasteiger partial charge in [-0.05, 0) is 37.1 Å². The van der Waals surface area contributed by atoms with Crippen LogP contribution in [0.3, 0.4) is 0 Å². The Morgan fingerprint density at radius 3 is 2.72 bits per heavy atom. The van der Waals surface area contributed by atoms with Gasteiger partial charge in [0.05, 0.1) is 7.11 Å². The first-order valence-electron chi connectivity index (χ1n) is 6.63. The minimum atomic E-state index is 0.573. The number of benzene rings is 1. The molecule has 0 bridgehead atoms. The lowest BCUT2D eigenvalue weighted by atomic mass is 10.1. The molecule has 1 rings (SSSR count). The molecular weight excluding hydrogens is 242 g/mol. The van der Waals surface area contributed by atoms with Crippen molar-refractivity contribution in [1.29, 1.82) is 0 Å². The summed E-state index contributed by atoms with van der Waals surface area (Å²) in [6.07, 6.45) is 1.25. The number of nitrogens with one attached hydrogen (secondary N) is 1. The van der Waals surface area contributed by atoms with Gasteiger partial charge in [0.25, 0.3) is 0 Å². The summed E-state index contributed by atoms with van der Waals surface area (Å²) in [6.45, 7) is 8.94. The van der Waals surface area contributed by atoms with Crippen LogP contribution in [0.4, 0.5) is 0 Å². The van der Waals surface area contributed by atoms with Crippen molar-refractivity contribution in [2.75, 3.05) is 20.2 Å². The van der Waals surface area contributed by atoms with Crippen molar-refractivity contribution in [1.82, 2.24) is 5.32 Å². The molecule has 0 radical (unpaired) electrons. The predicted octanol–water partition coefficient (Wildman–Crippen LogP) is 3.81. The minimum absolute atomic E-state index is 0.573. The fourth-order valence-electron chi connectivity index (χ4n) is 1.64. The lowest BCUT2D eigenvalue weighted by molar-refractivity contribution is 0.413. The van der Waals surface area contributed by atoms with E-state index >= 15 is 0 Å². The second kappa shape index (κ2) is 8.44. The summed E-state index contributed by atoms with van der Waals surface area (Å²) in [7, 11) is 1.71. The number of ether oxygens (including phenoxy) is 1. The Morgan fingerprint density at radius 2 is 2.06 bits per heavy atom. The van der Waals surface area contributed by atoms with E-state index in [9.17, 15) is 0 Å². The van der Waals surface area contributed by atoms with Gasteiger partial charge in [-0.15, -0.1) is 11.8 Å². The SMILES string of the molecule is COc1cccc(SC(C)CNCCC(C)C)c1. The van der Waals surface area contributed by atoms with Gasteiger partial charge in [0.1, 0.15) is 5.75 Å². The third-order valence-corrected chi connectivity index (χ3v) is 3.80. The van der Waals surface area contributed by atoms with E-state index < -0.39 is 0 Å². The molecule has 1 atom stereocenters. The Bertz CT molecular complexity index is 341. The molecule has 0 aliphatic rings. The molecule has 0 amide bonds. The molecule has 18 heavy (non-hydrogen) atoms. The Balaban J connectivity index is 2.28. The summed E-state index contributed by atoms with van der Waals surface area (Å²) in [5.74, 6) is 1.71. The highest BCUT2D eigenvalue weighted by molar-refractivity contribution is 8.00. The van der Waals surface area contributed by atoms with E-state index in [0.717, 1.165) is 24.8 Å². The van der Waals surface area contributed by atoms with Crippen LogP contribution in [0.5, 0.6) is 5.75 Å². The molecule has 1 N–H and O–H groups in total. The highest BCUT2D eigenvalue weighted by Crippen LogP contribution is 2.26. The van der Waals surface area contributed by atoms with Crippen LogP contribution < -0.4 is 10.1 Å². The molecule has 0 saturated heterocycles. The summed E-state index contributed by atoms with van der Waals surface area (Å²) in [4.78, 5) is 1.27. The first-order chi connectivity index (χ1) is 8.61. The number of thioether (sulfide) groups is 1. The minimum Gasteiger partial charge on any atom is -0.497 e. The van der Waals surface area contributed by atoms with Gasteiger partial charge in [0.2, 0.25) is 0 Å². The molecule has 102 valence electrons. The number of methoxy groups -OCH3 is 1. The summed E-state index contributed by atoms with van der Waals surface area (Å²) < 4.78 is 5.23. The van der Waals surface area contributed by atoms with Crippen molar-refractivity contribution >= 4 is 11.8 Å². The van der Waals surface area contributed by atoms with Gasteiger partial charge < -0.3 is 10.1 Å². The van der Waals surface area contributed by atoms with Gasteiger partial charge in [-0.2, -0.15) is 0 Å². The van der Waals surface area contributed by atoms with Crippen molar-refractivity contribution in [3.8, 4) is 5.75 Å². The van der Waals surface area contributed by atoms with Crippen molar-refractivity contribution in [3.63, 3.8) is 0 Å². The highest BCUT2D eigenvalue weighted by atomic mass is 32.2. The van der Waals surface area contributed by atoms with E-state index in [4.69, 9.17) is 4.74 Å². The fourth-order valence-corrected chi connectivity index (χ4v) is 2.65. The third-order valence-electron chi connectivity index (χ3n) is 2.71. The van der Waals surface area contributed by atoms with Crippen LogP contribution in [0.2, 0.25) is 0 Å². The third kappa shape index (κ3) is 6.31. The molecule has 0 spiro atoms. The zero-order valence-electron chi connectivity index (χ0n) is 11.9. The van der Waals surface area contributed by atoms with Crippen molar-refractivity contribution < 1.29 is 4.74 Å². The maximum atomic E-state index is 5.23. The Labute approximate surface area is 116 Å². The highest BCUT2D eigenvalue weighted by Gasteiger charge is 2.05. The quantitative estimate of drug-likeness (QED) is 0.571. The first-order valence-corrected chi connectivity index (χ1v) is 7.51. The first kappa shape index (κ1) is 15.4. The van der Waals surface area contributed by atoms with Crippen LogP contribution in [0, 0.1) is 5.92 Å². The molecule has 2 nitrogen and oxygen atoms in total. The van der Waals surface area contributed by atoms with Gasteiger partial charge in [-0.3, -0.25) is 0 Å². The molecule has 1 aromatic carbocycles. The Hall–Kier alpha value is -0.670. The summed E-state index contributed by atoms with van der Waals surface area (Å²) in [5, 5.41) is 4.09. The van der Waals surface area contributed by atoms with E-state index in [1.165, 1.54) is 11.3 Å². The number of hydrogen-bond acceptors (Lipinski definition) is 3. The topological polar surface area (TPSA) is 21.3 Å². The molecule has 1 unspecified atom stereocenters. The van der Waals surface area contributed by atoms with Crippen LogP contribution in [0.25, 0.3) is 0 Å². The number of rotatable bonds is 8. The largest absolute Gasteiger partial charge is 0.497 e. The average Bonchev–Trinajstić information content (AvgIpc) is 2.34. The van der Waals surface area contributed by atoms with E-state index in [-0.39, 0.29) is 0 Å². The molecule has 3 heteroatoms. The van der Waals surface area contributed by atoms with Crippen molar-refractivity contribution in [2.45, 2.75) is 37.3 Å². The molecule has 0 heterocycles. The lowest BCUT2D eigenvalue weighted by Gasteiger charge is -2.13. The van der Waals surface area contributed by atoms with Gasteiger partial charge >= 0.3 is 0 Å². The zero-order chi connectivity index (χ0) is 13.4. The van der Waals surface area contributed by atoms with Crippen LogP contribution >= 0.6 is 11.8 Å². The van der Waals surface area contributed by atoms with Gasteiger partial charge in [0, 0.05) is 16.7 Å². The summed E-state index contributed by atoms with van der Waals surface area (Å²) in [5.41, 5.74) is 0.